The van der Waals surface area contributed by atoms with Gasteiger partial charge in [-0.15, -0.1) is 0 Å². The van der Waals surface area contributed by atoms with Crippen molar-refractivity contribution in [2.24, 2.45) is 5.41 Å². The van der Waals surface area contributed by atoms with Crippen LogP contribution in [-0.2, 0) is 24.2 Å². The number of aliphatic hydroxyl groups excluding tert-OH is 1. The van der Waals surface area contributed by atoms with Gasteiger partial charge in [0, 0.05) is 19.5 Å². The quantitative estimate of drug-likeness (QED) is 0.718. The van der Waals surface area contributed by atoms with Gasteiger partial charge in [-0.1, -0.05) is 19.1 Å². The highest BCUT2D eigenvalue weighted by atomic mass is 19.1. The molecule has 7 nitrogen and oxygen atoms in total. The molecule has 3 rings (SSSR count). The van der Waals surface area contributed by atoms with E-state index in [0.717, 1.165) is 6.42 Å². The van der Waals surface area contributed by atoms with E-state index in [2.05, 4.69) is 15.2 Å². The molecule has 1 aromatic carbocycles. The number of likely N-dealkylation sites (tertiary alicyclic amines) is 1. The maximum atomic E-state index is 13.1. The Morgan fingerprint density at radius 2 is 2.15 bits per heavy atom. The lowest BCUT2D eigenvalue weighted by Crippen LogP contribution is -2.56. The standard InChI is InChI=1S/C18H23FN4O3/c1-2-15-20-16(22-21-15)10-23-8-7-14(24)18(11-23,17(25)26)9-12-3-5-13(19)6-4-12/h3-6,14,24H,2,7-11H2,1H3,(H,25,26)(H,20,21,22)/t14-,18-/m1/s1. The molecule has 1 aliphatic rings. The summed E-state index contributed by atoms with van der Waals surface area (Å²) < 4.78 is 13.1. The van der Waals surface area contributed by atoms with Crippen LogP contribution in [0.5, 0.6) is 0 Å². The Kier molecular flexibility index (Phi) is 5.33. The van der Waals surface area contributed by atoms with Gasteiger partial charge in [0.1, 0.15) is 22.9 Å². The zero-order chi connectivity index (χ0) is 18.7. The number of benzene rings is 1. The van der Waals surface area contributed by atoms with E-state index in [-0.39, 0.29) is 18.8 Å². The summed E-state index contributed by atoms with van der Waals surface area (Å²) in [6.45, 7) is 3.16. The second kappa shape index (κ2) is 7.51. The molecular weight excluding hydrogens is 339 g/mol. The minimum absolute atomic E-state index is 0.136. The second-order valence-corrected chi connectivity index (χ2v) is 6.83. The SMILES string of the molecule is CCc1n[nH]c(CN2CC[C@@H](O)[C@](Cc3ccc(F)cc3)(C(=O)O)C2)n1. The number of aromatic nitrogens is 3. The molecule has 2 atom stereocenters. The number of carbonyl (C=O) groups is 1. The average Bonchev–Trinajstić information content (AvgIpc) is 3.07. The van der Waals surface area contributed by atoms with Crippen LogP contribution < -0.4 is 0 Å². The van der Waals surface area contributed by atoms with Crippen LogP contribution in [0.4, 0.5) is 4.39 Å². The number of aliphatic carboxylic acids is 1. The molecule has 1 fully saturated rings. The third kappa shape index (κ3) is 3.76. The number of aryl methyl sites for hydroxylation is 1. The zero-order valence-electron chi connectivity index (χ0n) is 14.7. The third-order valence-electron chi connectivity index (χ3n) is 4.99. The maximum absolute atomic E-state index is 13.1. The molecule has 0 radical (unpaired) electrons. The number of aromatic amines is 1. The van der Waals surface area contributed by atoms with Crippen molar-refractivity contribution in [1.29, 1.82) is 0 Å². The largest absolute Gasteiger partial charge is 0.481 e. The van der Waals surface area contributed by atoms with Crippen LogP contribution in [0.25, 0.3) is 0 Å². The van der Waals surface area contributed by atoms with Crippen LogP contribution in [-0.4, -0.2) is 55.5 Å². The lowest BCUT2D eigenvalue weighted by atomic mass is 9.73. The Morgan fingerprint density at radius 3 is 2.77 bits per heavy atom. The fourth-order valence-corrected chi connectivity index (χ4v) is 3.50. The minimum atomic E-state index is -1.34. The van der Waals surface area contributed by atoms with E-state index in [1.165, 1.54) is 12.1 Å². The number of nitrogens with zero attached hydrogens (tertiary/aromatic N) is 3. The van der Waals surface area contributed by atoms with Gasteiger partial charge in [0.15, 0.2) is 0 Å². The van der Waals surface area contributed by atoms with E-state index in [1.807, 2.05) is 11.8 Å². The van der Waals surface area contributed by atoms with Crippen LogP contribution in [0.2, 0.25) is 0 Å². The molecule has 0 amide bonds. The van der Waals surface area contributed by atoms with E-state index in [4.69, 9.17) is 0 Å². The zero-order valence-corrected chi connectivity index (χ0v) is 14.7. The molecule has 3 N–H and O–H groups in total. The number of carboxylic acids is 1. The highest BCUT2D eigenvalue weighted by molar-refractivity contribution is 5.76. The molecule has 1 aromatic heterocycles. The Labute approximate surface area is 150 Å². The van der Waals surface area contributed by atoms with E-state index < -0.39 is 17.5 Å². The lowest BCUT2D eigenvalue weighted by Gasteiger charge is -2.43. The topological polar surface area (TPSA) is 102 Å². The van der Waals surface area contributed by atoms with Crippen molar-refractivity contribution in [1.82, 2.24) is 20.1 Å². The molecule has 0 aliphatic carbocycles. The van der Waals surface area contributed by atoms with Crippen LogP contribution in [0.1, 0.15) is 30.6 Å². The second-order valence-electron chi connectivity index (χ2n) is 6.83. The molecule has 1 saturated heterocycles. The molecule has 2 aromatic rings. The highest BCUT2D eigenvalue weighted by Crippen LogP contribution is 2.35. The molecule has 2 heterocycles. The normalized spacial score (nSPS) is 23.9. The van der Waals surface area contributed by atoms with Crippen LogP contribution in [0, 0.1) is 11.2 Å². The summed E-state index contributed by atoms with van der Waals surface area (Å²) in [5, 5.41) is 27.4. The molecule has 0 spiro atoms. The van der Waals surface area contributed by atoms with Crippen molar-refractivity contribution in [3.8, 4) is 0 Å². The number of piperidine rings is 1. The predicted octanol–water partition coefficient (Wildman–Crippen LogP) is 1.39. The number of carboxylic acid groups (broad SMARTS) is 1. The number of H-pyrrole nitrogens is 1. The molecular formula is C18H23FN4O3. The fourth-order valence-electron chi connectivity index (χ4n) is 3.50. The molecule has 0 unspecified atom stereocenters. The van der Waals surface area contributed by atoms with Gasteiger partial charge in [-0.25, -0.2) is 9.37 Å². The van der Waals surface area contributed by atoms with Gasteiger partial charge in [0.05, 0.1) is 12.6 Å². The van der Waals surface area contributed by atoms with Gasteiger partial charge < -0.3 is 10.2 Å². The van der Waals surface area contributed by atoms with E-state index in [1.54, 1.807) is 12.1 Å². The smallest absolute Gasteiger partial charge is 0.313 e. The van der Waals surface area contributed by atoms with Crippen LogP contribution in [0.3, 0.4) is 0 Å². The summed E-state index contributed by atoms with van der Waals surface area (Å²) in [4.78, 5) is 18.4. The van der Waals surface area contributed by atoms with Crippen molar-refractivity contribution >= 4 is 5.97 Å². The molecule has 8 heteroatoms. The van der Waals surface area contributed by atoms with Crippen molar-refractivity contribution in [2.75, 3.05) is 13.1 Å². The molecule has 0 bridgehead atoms. The van der Waals surface area contributed by atoms with Crippen molar-refractivity contribution in [3.63, 3.8) is 0 Å². The Hall–Kier alpha value is -2.32. The third-order valence-corrected chi connectivity index (χ3v) is 4.99. The molecule has 0 saturated carbocycles. The van der Waals surface area contributed by atoms with Gasteiger partial charge in [0.2, 0.25) is 0 Å². The van der Waals surface area contributed by atoms with Crippen molar-refractivity contribution in [2.45, 2.75) is 38.8 Å². The first-order valence-corrected chi connectivity index (χ1v) is 8.71. The summed E-state index contributed by atoms with van der Waals surface area (Å²) in [5.41, 5.74) is -0.661. The number of halogens is 1. The summed E-state index contributed by atoms with van der Waals surface area (Å²) in [5.74, 6) is -0.0287. The van der Waals surface area contributed by atoms with Crippen molar-refractivity contribution in [3.05, 3.63) is 47.3 Å². The Balaban J connectivity index is 1.80. The van der Waals surface area contributed by atoms with E-state index >= 15 is 0 Å². The Morgan fingerprint density at radius 1 is 1.42 bits per heavy atom. The molecule has 26 heavy (non-hydrogen) atoms. The highest BCUT2D eigenvalue weighted by Gasteiger charge is 2.49. The summed E-state index contributed by atoms with van der Waals surface area (Å²) in [6.07, 6.45) is 0.236. The predicted molar refractivity (Wildman–Crippen MR) is 91.8 cm³/mol. The number of nitrogens with one attached hydrogen (secondary N) is 1. The van der Waals surface area contributed by atoms with Crippen LogP contribution in [0.15, 0.2) is 24.3 Å². The lowest BCUT2D eigenvalue weighted by molar-refractivity contribution is -0.163. The average molecular weight is 362 g/mol. The van der Waals surface area contributed by atoms with Crippen LogP contribution >= 0.6 is 0 Å². The number of hydrogen-bond donors (Lipinski definition) is 3. The summed E-state index contributed by atoms with van der Waals surface area (Å²) in [6, 6.07) is 5.74. The maximum Gasteiger partial charge on any atom is 0.313 e. The molecule has 1 aliphatic heterocycles. The number of aliphatic hydroxyl groups is 1. The van der Waals surface area contributed by atoms with Gasteiger partial charge in [-0.05, 0) is 30.5 Å². The van der Waals surface area contributed by atoms with Gasteiger partial charge in [0.25, 0.3) is 0 Å². The van der Waals surface area contributed by atoms with E-state index in [9.17, 15) is 19.4 Å². The molecule has 140 valence electrons. The monoisotopic (exact) mass is 362 g/mol. The first-order chi connectivity index (χ1) is 12.4. The van der Waals surface area contributed by atoms with Gasteiger partial charge >= 0.3 is 5.97 Å². The minimum Gasteiger partial charge on any atom is -0.481 e. The Bertz CT molecular complexity index is 764. The number of rotatable bonds is 6. The first-order valence-electron chi connectivity index (χ1n) is 8.71. The number of hydrogen-bond acceptors (Lipinski definition) is 5. The van der Waals surface area contributed by atoms with Gasteiger partial charge in [-0.2, -0.15) is 5.10 Å². The first kappa shape index (κ1) is 18.5. The summed E-state index contributed by atoms with van der Waals surface area (Å²) in [7, 11) is 0. The van der Waals surface area contributed by atoms with Crippen molar-refractivity contribution < 1.29 is 19.4 Å². The summed E-state index contributed by atoms with van der Waals surface area (Å²) >= 11 is 0. The fraction of sp³-hybridized carbons (Fsp3) is 0.500. The van der Waals surface area contributed by atoms with Gasteiger partial charge in [-0.3, -0.25) is 14.8 Å². The van der Waals surface area contributed by atoms with E-state index in [0.29, 0.717) is 36.7 Å².